The Bertz CT molecular complexity index is 1310. The third kappa shape index (κ3) is 5.43. The zero-order valence-corrected chi connectivity index (χ0v) is 22.2. The summed E-state index contributed by atoms with van der Waals surface area (Å²) in [5, 5.41) is 15.3. The van der Waals surface area contributed by atoms with Gasteiger partial charge in [0.1, 0.15) is 11.6 Å². The molecule has 4 aromatic rings. The van der Waals surface area contributed by atoms with Gasteiger partial charge in [0.25, 0.3) is 0 Å². The van der Waals surface area contributed by atoms with Crippen LogP contribution < -0.4 is 5.32 Å². The highest BCUT2D eigenvalue weighted by Gasteiger charge is 2.28. The minimum absolute atomic E-state index is 0.0306. The Hall–Kier alpha value is -3.11. The molecule has 2 N–H and O–H groups in total. The van der Waals surface area contributed by atoms with E-state index in [0.717, 1.165) is 34.4 Å². The van der Waals surface area contributed by atoms with Crippen molar-refractivity contribution in [3.05, 3.63) is 94.8 Å². The maximum absolute atomic E-state index is 11.6. The number of aromatic nitrogens is 2. The summed E-state index contributed by atoms with van der Waals surface area (Å²) in [5.74, 6) is 1.37. The molecule has 1 aromatic heterocycles. The number of para-hydroxylation sites is 2. The molecule has 0 bridgehead atoms. The molecule has 0 saturated heterocycles. The minimum Gasteiger partial charge on any atom is -0.507 e. The van der Waals surface area contributed by atoms with Crippen molar-refractivity contribution in [2.75, 3.05) is 0 Å². The zero-order chi connectivity index (χ0) is 25.4. The average molecular weight is 470 g/mol. The summed E-state index contributed by atoms with van der Waals surface area (Å²) >= 11 is 0. The lowest BCUT2D eigenvalue weighted by molar-refractivity contribution is 0.418. The smallest absolute Gasteiger partial charge is 0.124 e. The van der Waals surface area contributed by atoms with Gasteiger partial charge >= 0.3 is 0 Å². The number of benzene rings is 3. The van der Waals surface area contributed by atoms with E-state index in [2.05, 4.69) is 107 Å². The summed E-state index contributed by atoms with van der Waals surface area (Å²) in [4.78, 5) is 4.86. The molecule has 0 spiro atoms. The van der Waals surface area contributed by atoms with Crippen molar-refractivity contribution in [3.63, 3.8) is 0 Å². The molecule has 0 radical (unpaired) electrons. The van der Waals surface area contributed by atoms with Crippen LogP contribution in [0, 0.1) is 0 Å². The predicted molar refractivity (Wildman–Crippen MR) is 146 cm³/mol. The second kappa shape index (κ2) is 9.50. The van der Waals surface area contributed by atoms with E-state index in [9.17, 15) is 5.11 Å². The van der Waals surface area contributed by atoms with Gasteiger partial charge in [0.05, 0.1) is 17.6 Å². The molecule has 1 heterocycles. The van der Waals surface area contributed by atoms with Crippen LogP contribution in [0.1, 0.15) is 75.7 Å². The molecule has 0 aliphatic carbocycles. The van der Waals surface area contributed by atoms with Gasteiger partial charge in [-0.1, -0.05) is 90.1 Å². The lowest BCUT2D eigenvalue weighted by Gasteiger charge is -2.30. The molecule has 0 amide bonds. The van der Waals surface area contributed by atoms with Crippen LogP contribution in [-0.4, -0.2) is 14.7 Å². The number of imidazole rings is 1. The number of hydrogen-bond donors (Lipinski definition) is 2. The summed E-state index contributed by atoms with van der Waals surface area (Å²) in [6, 6.07) is 23.0. The van der Waals surface area contributed by atoms with Crippen LogP contribution >= 0.6 is 0 Å². The molecule has 0 unspecified atom stereocenters. The quantitative estimate of drug-likeness (QED) is 0.321. The average Bonchev–Trinajstić information content (AvgIpc) is 3.11. The maximum atomic E-state index is 11.6. The fourth-order valence-corrected chi connectivity index (χ4v) is 4.64. The fourth-order valence-electron chi connectivity index (χ4n) is 4.64. The molecule has 3 aromatic carbocycles. The predicted octanol–water partition coefficient (Wildman–Crippen LogP) is 6.95. The van der Waals surface area contributed by atoms with E-state index >= 15 is 0 Å². The number of aromatic hydroxyl groups is 1. The summed E-state index contributed by atoms with van der Waals surface area (Å²) in [5.41, 5.74) is 6.32. The summed E-state index contributed by atoms with van der Waals surface area (Å²) in [6.45, 7) is 13.8. The first kappa shape index (κ1) is 25.0. The van der Waals surface area contributed by atoms with E-state index in [1.807, 2.05) is 18.2 Å². The van der Waals surface area contributed by atoms with E-state index in [0.29, 0.717) is 12.3 Å². The van der Waals surface area contributed by atoms with Gasteiger partial charge in [-0.05, 0) is 52.1 Å². The molecule has 0 fully saturated rings. The number of phenolic OH excluding ortho intramolecular Hbond substituents is 1. The van der Waals surface area contributed by atoms with Crippen LogP contribution in [0.5, 0.6) is 5.75 Å². The van der Waals surface area contributed by atoms with E-state index < -0.39 is 0 Å². The first-order valence-electron chi connectivity index (χ1n) is 12.5. The van der Waals surface area contributed by atoms with Gasteiger partial charge in [-0.2, -0.15) is 0 Å². The Morgan fingerprint density at radius 1 is 0.886 bits per heavy atom. The third-order valence-corrected chi connectivity index (χ3v) is 6.86. The van der Waals surface area contributed by atoms with E-state index in [1.165, 1.54) is 11.1 Å². The molecule has 0 aliphatic heterocycles. The van der Waals surface area contributed by atoms with Crippen molar-refractivity contribution < 1.29 is 5.11 Å². The van der Waals surface area contributed by atoms with Crippen molar-refractivity contribution in [1.29, 1.82) is 0 Å². The SMILES string of the molecule is Cn1c(CN[C@H](Cc2ccccc2)c2cc(C(C)(C)C)cc(C(C)(C)C)c2O)nc2ccccc21. The fraction of sp³-hybridized carbons (Fsp3) is 0.387. The summed E-state index contributed by atoms with van der Waals surface area (Å²) in [6.07, 6.45) is 0.773. The van der Waals surface area contributed by atoms with Crippen molar-refractivity contribution in [3.8, 4) is 5.75 Å². The standard InChI is InChI=1S/C31H39N3O/c1-30(2,3)22-18-23(29(35)24(19-22)31(4,5)6)26(17-21-13-9-8-10-14-21)32-20-28-33-25-15-11-12-16-27(25)34(28)7/h8-16,18-19,26,32,35H,17,20H2,1-7H3/t26-/m1/s1. The van der Waals surface area contributed by atoms with Crippen LogP contribution in [0.15, 0.2) is 66.7 Å². The second-order valence-corrected chi connectivity index (χ2v) is 11.7. The normalized spacial score (nSPS) is 13.3. The lowest BCUT2D eigenvalue weighted by Crippen LogP contribution is -2.26. The summed E-state index contributed by atoms with van der Waals surface area (Å²) < 4.78 is 2.15. The topological polar surface area (TPSA) is 50.1 Å². The Morgan fingerprint density at radius 2 is 1.54 bits per heavy atom. The lowest BCUT2D eigenvalue weighted by atomic mass is 9.77. The van der Waals surface area contributed by atoms with Crippen molar-refractivity contribution in [2.45, 2.75) is 71.4 Å². The van der Waals surface area contributed by atoms with Gasteiger partial charge < -0.3 is 15.0 Å². The number of aryl methyl sites for hydroxylation is 1. The molecule has 4 nitrogen and oxygen atoms in total. The Kier molecular flexibility index (Phi) is 6.79. The molecule has 0 saturated carbocycles. The molecular weight excluding hydrogens is 430 g/mol. The first-order chi connectivity index (χ1) is 16.4. The molecule has 35 heavy (non-hydrogen) atoms. The number of nitrogens with one attached hydrogen (secondary N) is 1. The highest BCUT2D eigenvalue weighted by atomic mass is 16.3. The largest absolute Gasteiger partial charge is 0.507 e. The number of phenols is 1. The minimum atomic E-state index is -0.172. The van der Waals surface area contributed by atoms with Crippen LogP contribution in [0.25, 0.3) is 11.0 Å². The molecular formula is C31H39N3O. The Labute approximate surface area is 210 Å². The third-order valence-electron chi connectivity index (χ3n) is 6.86. The van der Waals surface area contributed by atoms with Crippen LogP contribution in [0.2, 0.25) is 0 Å². The number of fused-ring (bicyclic) bond motifs is 1. The number of hydrogen-bond acceptors (Lipinski definition) is 3. The van der Waals surface area contributed by atoms with Crippen LogP contribution in [0.3, 0.4) is 0 Å². The summed E-state index contributed by atoms with van der Waals surface area (Å²) in [7, 11) is 2.06. The van der Waals surface area contributed by atoms with Gasteiger partial charge in [-0.15, -0.1) is 0 Å². The number of nitrogens with zero attached hydrogens (tertiary/aromatic N) is 2. The Balaban J connectivity index is 1.78. The maximum Gasteiger partial charge on any atom is 0.124 e. The van der Waals surface area contributed by atoms with Gasteiger partial charge in [-0.3, -0.25) is 0 Å². The van der Waals surface area contributed by atoms with Crippen LogP contribution in [-0.2, 0) is 30.8 Å². The zero-order valence-electron chi connectivity index (χ0n) is 22.2. The number of rotatable bonds is 6. The van der Waals surface area contributed by atoms with Gasteiger partial charge in [0, 0.05) is 18.7 Å². The van der Waals surface area contributed by atoms with Crippen molar-refractivity contribution >= 4 is 11.0 Å². The van der Waals surface area contributed by atoms with Gasteiger partial charge in [-0.25, -0.2) is 4.98 Å². The monoisotopic (exact) mass is 469 g/mol. The molecule has 184 valence electrons. The van der Waals surface area contributed by atoms with Crippen LogP contribution in [0.4, 0.5) is 0 Å². The van der Waals surface area contributed by atoms with E-state index in [4.69, 9.17) is 4.98 Å². The Morgan fingerprint density at radius 3 is 2.17 bits per heavy atom. The molecule has 1 atom stereocenters. The molecule has 0 aliphatic rings. The first-order valence-corrected chi connectivity index (χ1v) is 12.5. The van der Waals surface area contributed by atoms with E-state index in [-0.39, 0.29) is 16.9 Å². The highest BCUT2D eigenvalue weighted by molar-refractivity contribution is 5.75. The second-order valence-electron chi connectivity index (χ2n) is 11.7. The van der Waals surface area contributed by atoms with Gasteiger partial charge in [0.2, 0.25) is 0 Å². The van der Waals surface area contributed by atoms with E-state index in [1.54, 1.807) is 0 Å². The molecule has 4 rings (SSSR count). The van der Waals surface area contributed by atoms with Crippen molar-refractivity contribution in [2.24, 2.45) is 7.05 Å². The van der Waals surface area contributed by atoms with Crippen molar-refractivity contribution in [1.82, 2.24) is 14.9 Å². The highest BCUT2D eigenvalue weighted by Crippen LogP contribution is 2.40. The van der Waals surface area contributed by atoms with Gasteiger partial charge in [0.15, 0.2) is 0 Å². The molecule has 4 heteroatoms.